The van der Waals surface area contributed by atoms with E-state index in [1.807, 2.05) is 0 Å². The van der Waals surface area contributed by atoms with Crippen molar-refractivity contribution in [3.05, 3.63) is 59.4 Å². The predicted octanol–water partition coefficient (Wildman–Crippen LogP) is 1.45. The summed E-state index contributed by atoms with van der Waals surface area (Å²) in [5, 5.41) is 2.72. The van der Waals surface area contributed by atoms with Gasteiger partial charge in [0.25, 0.3) is 11.8 Å². The molecule has 0 spiro atoms. The van der Waals surface area contributed by atoms with Crippen LogP contribution in [0.1, 0.15) is 38.1 Å². The molecule has 1 aliphatic rings. The second kappa shape index (κ2) is 8.43. The van der Waals surface area contributed by atoms with E-state index in [4.69, 9.17) is 0 Å². The zero-order chi connectivity index (χ0) is 20.1. The number of pyridine rings is 1. The fraction of sp³-hybridized carbons (Fsp3) is 0.250. The van der Waals surface area contributed by atoms with Crippen molar-refractivity contribution in [1.29, 1.82) is 0 Å². The number of rotatable bonds is 5. The van der Waals surface area contributed by atoms with Crippen LogP contribution in [0, 0.1) is 0 Å². The molecule has 0 bridgehead atoms. The Balaban J connectivity index is 1.71. The van der Waals surface area contributed by atoms with E-state index in [0.29, 0.717) is 37.4 Å². The Morgan fingerprint density at radius 1 is 1.04 bits per heavy atom. The maximum Gasteiger partial charge on any atom is 0.272 e. The van der Waals surface area contributed by atoms with E-state index in [-0.39, 0.29) is 22.9 Å². The van der Waals surface area contributed by atoms with Crippen molar-refractivity contribution in [2.24, 2.45) is 0 Å². The molecule has 1 aromatic carbocycles. The van der Waals surface area contributed by atoms with E-state index >= 15 is 0 Å². The molecule has 2 aromatic rings. The van der Waals surface area contributed by atoms with E-state index < -0.39 is 5.91 Å². The van der Waals surface area contributed by atoms with Crippen molar-refractivity contribution in [3.8, 4) is 0 Å². The van der Waals surface area contributed by atoms with Crippen LogP contribution in [0.15, 0.2) is 42.6 Å². The molecule has 1 fully saturated rings. The Labute approximate surface area is 162 Å². The minimum atomic E-state index is -0.400. The van der Waals surface area contributed by atoms with Gasteiger partial charge in [0.1, 0.15) is 5.69 Å². The normalized spacial score (nSPS) is 13.8. The highest BCUT2D eigenvalue weighted by atomic mass is 16.2. The zero-order valence-electron chi connectivity index (χ0n) is 15.4. The molecule has 3 amide bonds. The van der Waals surface area contributed by atoms with Crippen molar-refractivity contribution in [3.63, 3.8) is 0 Å². The number of amides is 3. The summed E-state index contributed by atoms with van der Waals surface area (Å²) >= 11 is 0. The number of hydrogen-bond donors (Lipinski definition) is 1. The van der Waals surface area contributed by atoms with Crippen LogP contribution >= 0.6 is 0 Å². The van der Waals surface area contributed by atoms with Crippen molar-refractivity contribution in [1.82, 2.24) is 14.8 Å². The van der Waals surface area contributed by atoms with Gasteiger partial charge in [0.05, 0.1) is 0 Å². The molecule has 0 unspecified atom stereocenters. The second-order valence-corrected chi connectivity index (χ2v) is 6.45. The van der Waals surface area contributed by atoms with Gasteiger partial charge >= 0.3 is 0 Å². The number of nitrogens with one attached hydrogen (secondary N) is 1. The van der Waals surface area contributed by atoms with Gasteiger partial charge in [0.2, 0.25) is 6.41 Å². The Hall–Kier alpha value is -3.55. The number of benzene rings is 1. The maximum atomic E-state index is 12.6. The van der Waals surface area contributed by atoms with E-state index in [0.717, 1.165) is 6.41 Å². The molecule has 0 saturated carbocycles. The third-order valence-corrected chi connectivity index (χ3v) is 4.52. The summed E-state index contributed by atoms with van der Waals surface area (Å²) in [6.07, 6.45) is 2.18. The lowest BCUT2D eigenvalue weighted by Gasteiger charge is -2.32. The van der Waals surface area contributed by atoms with Crippen LogP contribution in [0.4, 0.5) is 5.69 Å². The quantitative estimate of drug-likeness (QED) is 0.625. The van der Waals surface area contributed by atoms with Gasteiger partial charge in [-0.05, 0) is 31.2 Å². The number of hydrogen-bond acceptors (Lipinski definition) is 5. The molecule has 28 heavy (non-hydrogen) atoms. The maximum absolute atomic E-state index is 12.6. The summed E-state index contributed by atoms with van der Waals surface area (Å²) in [6, 6.07) is 9.60. The lowest BCUT2D eigenvalue weighted by molar-refractivity contribution is -0.119. The number of carbonyl (C=O) groups is 4. The molecule has 1 aromatic heterocycles. The highest BCUT2D eigenvalue weighted by Gasteiger charge is 2.23. The monoisotopic (exact) mass is 380 g/mol. The Bertz CT molecular complexity index is 920. The molecule has 2 heterocycles. The molecule has 8 heteroatoms. The summed E-state index contributed by atoms with van der Waals surface area (Å²) in [4.78, 5) is 54.7. The van der Waals surface area contributed by atoms with Crippen LogP contribution in [0.3, 0.4) is 0 Å². The number of carbonyl (C=O) groups excluding carboxylic acids is 4. The van der Waals surface area contributed by atoms with Crippen molar-refractivity contribution in [2.45, 2.75) is 6.92 Å². The molecular formula is C20H20N4O4. The first-order valence-corrected chi connectivity index (χ1v) is 8.85. The summed E-state index contributed by atoms with van der Waals surface area (Å²) < 4.78 is 0. The zero-order valence-corrected chi connectivity index (χ0v) is 15.4. The molecule has 144 valence electrons. The molecule has 1 saturated heterocycles. The Morgan fingerprint density at radius 2 is 1.79 bits per heavy atom. The van der Waals surface area contributed by atoms with E-state index in [2.05, 4.69) is 10.3 Å². The van der Waals surface area contributed by atoms with Crippen LogP contribution in [-0.2, 0) is 4.79 Å². The van der Waals surface area contributed by atoms with Crippen molar-refractivity contribution in [2.75, 3.05) is 31.5 Å². The first kappa shape index (κ1) is 19.2. The molecular weight excluding hydrogens is 360 g/mol. The minimum Gasteiger partial charge on any atom is -0.342 e. The molecule has 3 rings (SSSR count). The topological polar surface area (TPSA) is 99.7 Å². The summed E-state index contributed by atoms with van der Waals surface area (Å²) in [5.41, 5.74) is 1.45. The molecule has 1 aliphatic heterocycles. The molecule has 1 N–H and O–H groups in total. The van der Waals surface area contributed by atoms with Crippen molar-refractivity contribution >= 4 is 29.7 Å². The largest absolute Gasteiger partial charge is 0.342 e. The van der Waals surface area contributed by atoms with Gasteiger partial charge < -0.3 is 15.1 Å². The lowest BCUT2D eigenvalue weighted by Crippen LogP contribution is -2.48. The highest BCUT2D eigenvalue weighted by molar-refractivity contribution is 6.06. The first-order chi connectivity index (χ1) is 13.5. The van der Waals surface area contributed by atoms with Crippen LogP contribution in [0.25, 0.3) is 0 Å². The van der Waals surface area contributed by atoms with E-state index in [9.17, 15) is 19.2 Å². The van der Waals surface area contributed by atoms with Crippen molar-refractivity contribution < 1.29 is 19.2 Å². The third kappa shape index (κ3) is 4.40. The number of piperazine rings is 1. The number of anilines is 1. The highest BCUT2D eigenvalue weighted by Crippen LogP contribution is 2.14. The van der Waals surface area contributed by atoms with Gasteiger partial charge in [-0.25, -0.2) is 0 Å². The number of ketones is 1. The number of aromatic nitrogens is 1. The average Bonchev–Trinajstić information content (AvgIpc) is 2.73. The molecule has 0 radical (unpaired) electrons. The first-order valence-electron chi connectivity index (χ1n) is 8.85. The van der Waals surface area contributed by atoms with Crippen LogP contribution < -0.4 is 5.32 Å². The number of Topliss-reactive ketones (excluding diaryl/α,β-unsaturated/α-hetero) is 1. The Morgan fingerprint density at radius 3 is 2.46 bits per heavy atom. The third-order valence-electron chi connectivity index (χ3n) is 4.52. The second-order valence-electron chi connectivity index (χ2n) is 6.45. The molecule has 8 nitrogen and oxygen atoms in total. The van der Waals surface area contributed by atoms with Crippen LogP contribution in [0.5, 0.6) is 0 Å². The fourth-order valence-corrected chi connectivity index (χ4v) is 2.90. The standard InChI is InChI=1S/C20H20N4O4/c1-14(26)15-3-2-4-17(11-15)22-19(27)16-5-6-21-18(12-16)20(28)24-9-7-23(13-25)8-10-24/h2-6,11-13H,7-10H2,1H3,(H,22,27). The average molecular weight is 380 g/mol. The summed E-state index contributed by atoms with van der Waals surface area (Å²) in [6.45, 7) is 3.25. The van der Waals surface area contributed by atoms with E-state index in [1.54, 1.807) is 34.1 Å². The Kier molecular flexibility index (Phi) is 5.78. The van der Waals surface area contributed by atoms with Gasteiger partial charge in [0, 0.05) is 49.2 Å². The molecule has 0 atom stereocenters. The smallest absolute Gasteiger partial charge is 0.272 e. The summed E-state index contributed by atoms with van der Waals surface area (Å²) in [5.74, 6) is -0.774. The number of nitrogens with zero attached hydrogens (tertiary/aromatic N) is 3. The van der Waals surface area contributed by atoms with Gasteiger partial charge in [0.15, 0.2) is 5.78 Å². The van der Waals surface area contributed by atoms with E-state index in [1.165, 1.54) is 25.3 Å². The summed E-state index contributed by atoms with van der Waals surface area (Å²) in [7, 11) is 0. The molecule has 0 aliphatic carbocycles. The SMILES string of the molecule is CC(=O)c1cccc(NC(=O)c2ccnc(C(=O)N3CCN(C=O)CC3)c2)c1. The van der Waals surface area contributed by atoms with Gasteiger partial charge in [-0.15, -0.1) is 0 Å². The van der Waals surface area contributed by atoms with Gasteiger partial charge in [-0.2, -0.15) is 0 Å². The van der Waals surface area contributed by atoms with Gasteiger partial charge in [-0.1, -0.05) is 12.1 Å². The predicted molar refractivity (Wildman–Crippen MR) is 102 cm³/mol. The lowest BCUT2D eigenvalue weighted by atomic mass is 10.1. The fourth-order valence-electron chi connectivity index (χ4n) is 2.90. The van der Waals surface area contributed by atoms with Crippen LogP contribution in [-0.4, -0.2) is 65.0 Å². The van der Waals surface area contributed by atoms with Crippen LogP contribution in [0.2, 0.25) is 0 Å². The minimum absolute atomic E-state index is 0.0948. The van der Waals surface area contributed by atoms with Gasteiger partial charge in [-0.3, -0.25) is 24.2 Å².